The summed E-state index contributed by atoms with van der Waals surface area (Å²) in [6, 6.07) is 30.3. The zero-order valence-corrected chi connectivity index (χ0v) is 25.2. The predicted molar refractivity (Wildman–Crippen MR) is 168 cm³/mol. The number of nitrogens with zero attached hydrogens (tertiary/aromatic N) is 1. The highest BCUT2D eigenvalue weighted by atomic mass is 16.6. The molecule has 3 atom stereocenters. The molecule has 1 aromatic heterocycles. The van der Waals surface area contributed by atoms with Gasteiger partial charge in [0.05, 0.1) is 17.5 Å². The third-order valence-electron chi connectivity index (χ3n) is 7.35. The smallest absolute Gasteiger partial charge is 0.412 e. The minimum Gasteiger partial charge on any atom is -0.481 e. The number of alkyl carbamates (subject to hydrolysis) is 1. The molecule has 4 rings (SSSR count). The zero-order valence-electron chi connectivity index (χ0n) is 25.2. The second-order valence-electron chi connectivity index (χ2n) is 11.0. The summed E-state index contributed by atoms with van der Waals surface area (Å²) in [7, 11) is 0. The van der Waals surface area contributed by atoms with Crippen LogP contribution >= 0.6 is 0 Å². The first kappa shape index (κ1) is 32.6. The molecule has 0 unspecified atom stereocenters. The molecule has 0 fully saturated rings. The fourth-order valence-electron chi connectivity index (χ4n) is 4.96. The van der Waals surface area contributed by atoms with Crippen molar-refractivity contribution in [3.8, 4) is 0 Å². The van der Waals surface area contributed by atoms with Gasteiger partial charge in [0.15, 0.2) is 18.2 Å². The Bertz CT molecular complexity index is 1550. The first-order valence-electron chi connectivity index (χ1n) is 14.9. The Hall–Kier alpha value is -5.31. The molecule has 232 valence electrons. The molecule has 0 radical (unpaired) electrons. The van der Waals surface area contributed by atoms with Gasteiger partial charge in [-0.3, -0.25) is 14.4 Å². The fraction of sp³-hybridized carbons (Fsp3) is 0.250. The van der Waals surface area contributed by atoms with E-state index in [-0.39, 0.29) is 37.8 Å². The minimum absolute atomic E-state index is 0.0566. The van der Waals surface area contributed by atoms with E-state index < -0.39 is 29.9 Å². The Balaban J connectivity index is 1.35. The van der Waals surface area contributed by atoms with Gasteiger partial charge in [-0.05, 0) is 42.9 Å². The van der Waals surface area contributed by atoms with Crippen LogP contribution in [0, 0.1) is 5.92 Å². The standard InChI is InChI=1S/C36H37N3O6/c1-26(21-27-11-5-2-6-12-27)37-36(44)45-25-39-19-17-30(18-20-39)34(41)38-32(23-29-15-9-4-10-16-29)33(40)24-31(35(42)43)22-28-13-7-3-8-14-28/h2-20,26,31-32H,21-25H2,1H3,(H2-,37,38,41,42,43,44)/p+1/t26-,31+,32-/m0/s1. The van der Waals surface area contributed by atoms with Crippen LogP contribution in [-0.4, -0.2) is 40.9 Å². The number of aromatic nitrogens is 1. The van der Waals surface area contributed by atoms with Crippen LogP contribution < -0.4 is 15.2 Å². The van der Waals surface area contributed by atoms with Gasteiger partial charge in [-0.2, -0.15) is 4.57 Å². The van der Waals surface area contributed by atoms with Crippen LogP contribution in [0.15, 0.2) is 116 Å². The van der Waals surface area contributed by atoms with E-state index in [9.17, 15) is 24.3 Å². The molecular weight excluding hydrogens is 570 g/mol. The van der Waals surface area contributed by atoms with E-state index in [1.807, 2.05) is 97.9 Å². The largest absolute Gasteiger partial charge is 0.481 e. The number of nitrogens with one attached hydrogen (secondary N) is 2. The second-order valence-corrected chi connectivity index (χ2v) is 11.0. The number of hydrogen-bond acceptors (Lipinski definition) is 5. The van der Waals surface area contributed by atoms with Gasteiger partial charge in [0.25, 0.3) is 12.6 Å². The van der Waals surface area contributed by atoms with Gasteiger partial charge in [-0.25, -0.2) is 4.79 Å². The lowest BCUT2D eigenvalue weighted by molar-refractivity contribution is -0.727. The third kappa shape index (κ3) is 10.7. The maximum atomic E-state index is 13.5. The lowest BCUT2D eigenvalue weighted by Crippen LogP contribution is -2.44. The second kappa shape index (κ2) is 16.5. The number of carbonyl (C=O) groups is 4. The van der Waals surface area contributed by atoms with Crippen LogP contribution in [-0.2, 0) is 40.3 Å². The van der Waals surface area contributed by atoms with Gasteiger partial charge in [0.2, 0.25) is 0 Å². The van der Waals surface area contributed by atoms with Crippen LogP contribution in [0.1, 0.15) is 40.4 Å². The molecule has 0 spiro atoms. The first-order chi connectivity index (χ1) is 21.8. The summed E-state index contributed by atoms with van der Waals surface area (Å²) >= 11 is 0. The minimum atomic E-state index is -1.06. The summed E-state index contributed by atoms with van der Waals surface area (Å²) in [5.41, 5.74) is 3.07. The van der Waals surface area contributed by atoms with Gasteiger partial charge in [-0.1, -0.05) is 91.0 Å². The van der Waals surface area contributed by atoms with E-state index in [0.29, 0.717) is 12.0 Å². The first-order valence-corrected chi connectivity index (χ1v) is 14.9. The normalized spacial score (nSPS) is 12.7. The van der Waals surface area contributed by atoms with Crippen LogP contribution in [0.4, 0.5) is 4.79 Å². The number of amides is 2. The fourth-order valence-corrected chi connectivity index (χ4v) is 4.96. The van der Waals surface area contributed by atoms with Crippen LogP contribution in [0.5, 0.6) is 0 Å². The number of pyridine rings is 1. The van der Waals surface area contributed by atoms with Gasteiger partial charge >= 0.3 is 12.1 Å². The Morgan fingerprint density at radius 2 is 1.22 bits per heavy atom. The number of benzene rings is 3. The van der Waals surface area contributed by atoms with Crippen molar-refractivity contribution in [3.63, 3.8) is 0 Å². The third-order valence-corrected chi connectivity index (χ3v) is 7.35. The summed E-state index contributed by atoms with van der Waals surface area (Å²) in [5, 5.41) is 15.5. The number of ether oxygens (including phenoxy) is 1. The zero-order chi connectivity index (χ0) is 32.0. The molecule has 4 aromatic rings. The number of hydrogen-bond donors (Lipinski definition) is 3. The molecule has 0 saturated heterocycles. The number of ketones is 1. The number of carbonyl (C=O) groups excluding carboxylic acids is 3. The monoisotopic (exact) mass is 608 g/mol. The summed E-state index contributed by atoms with van der Waals surface area (Å²) in [6.45, 7) is 1.84. The van der Waals surface area contributed by atoms with Crippen molar-refractivity contribution in [2.75, 3.05) is 0 Å². The van der Waals surface area contributed by atoms with Gasteiger partial charge in [0.1, 0.15) is 0 Å². The Labute approximate surface area is 262 Å². The SMILES string of the molecule is C[C@@H](Cc1ccccc1)NC(=O)OC[n+]1ccc(C(=O)N[C@@H](Cc2ccccc2)C(=O)C[C@@H](Cc2ccccc2)C(=O)O)cc1. The number of carboxylic acid groups (broad SMARTS) is 1. The Kier molecular flexibility index (Phi) is 12.0. The van der Waals surface area contributed by atoms with Crippen molar-refractivity contribution in [1.82, 2.24) is 10.6 Å². The molecule has 9 heteroatoms. The van der Waals surface area contributed by atoms with E-state index in [4.69, 9.17) is 4.74 Å². The quantitative estimate of drug-likeness (QED) is 0.170. The van der Waals surface area contributed by atoms with E-state index >= 15 is 0 Å². The molecule has 0 aliphatic rings. The number of aliphatic carboxylic acids is 1. The molecule has 9 nitrogen and oxygen atoms in total. The molecule has 3 N–H and O–H groups in total. The maximum absolute atomic E-state index is 13.5. The van der Waals surface area contributed by atoms with E-state index in [1.165, 1.54) is 0 Å². The highest BCUT2D eigenvalue weighted by Crippen LogP contribution is 2.16. The lowest BCUT2D eigenvalue weighted by atomic mass is 9.90. The van der Waals surface area contributed by atoms with E-state index in [1.54, 1.807) is 29.1 Å². The van der Waals surface area contributed by atoms with Gasteiger partial charge in [-0.15, -0.1) is 0 Å². The van der Waals surface area contributed by atoms with E-state index in [0.717, 1.165) is 16.7 Å². The van der Waals surface area contributed by atoms with Crippen molar-refractivity contribution in [1.29, 1.82) is 0 Å². The average molecular weight is 609 g/mol. The maximum Gasteiger partial charge on any atom is 0.412 e. The molecule has 0 saturated carbocycles. The van der Waals surface area contributed by atoms with Gasteiger partial charge in [0, 0.05) is 24.6 Å². The summed E-state index contributed by atoms with van der Waals surface area (Å²) in [6.07, 6.45) is 3.53. The highest BCUT2D eigenvalue weighted by Gasteiger charge is 2.28. The Morgan fingerprint density at radius 1 is 0.711 bits per heavy atom. The predicted octanol–water partition coefficient (Wildman–Crippen LogP) is 4.53. The summed E-state index contributed by atoms with van der Waals surface area (Å²) in [4.78, 5) is 51.0. The van der Waals surface area contributed by atoms with Crippen molar-refractivity contribution in [3.05, 3.63) is 138 Å². The van der Waals surface area contributed by atoms with Crippen molar-refractivity contribution >= 4 is 23.8 Å². The average Bonchev–Trinajstić information content (AvgIpc) is 3.04. The molecule has 0 bridgehead atoms. The molecular formula is C36H38N3O6+. The van der Waals surface area contributed by atoms with Crippen molar-refractivity contribution < 1.29 is 33.6 Å². The van der Waals surface area contributed by atoms with Crippen molar-refractivity contribution in [2.24, 2.45) is 5.92 Å². The summed E-state index contributed by atoms with van der Waals surface area (Å²) in [5.74, 6) is -2.82. The highest BCUT2D eigenvalue weighted by molar-refractivity contribution is 5.98. The molecule has 1 heterocycles. The number of Topliss-reactive ketones (excluding diaryl/α,β-unsaturated/α-hetero) is 1. The molecule has 45 heavy (non-hydrogen) atoms. The van der Waals surface area contributed by atoms with E-state index in [2.05, 4.69) is 10.6 Å². The van der Waals surface area contributed by atoms with Crippen LogP contribution in [0.2, 0.25) is 0 Å². The lowest BCUT2D eigenvalue weighted by Gasteiger charge is -2.20. The van der Waals surface area contributed by atoms with Gasteiger partial charge < -0.3 is 20.5 Å². The molecule has 3 aromatic carbocycles. The topological polar surface area (TPSA) is 126 Å². The summed E-state index contributed by atoms with van der Waals surface area (Å²) < 4.78 is 6.92. The number of rotatable bonds is 15. The molecule has 2 amide bonds. The Morgan fingerprint density at radius 3 is 1.76 bits per heavy atom. The van der Waals surface area contributed by atoms with Crippen molar-refractivity contribution in [2.45, 2.75) is 51.4 Å². The van der Waals surface area contributed by atoms with Crippen LogP contribution in [0.25, 0.3) is 0 Å². The molecule has 0 aliphatic carbocycles. The number of carboxylic acids is 1. The van der Waals surface area contributed by atoms with Crippen LogP contribution in [0.3, 0.4) is 0 Å². The molecule has 0 aliphatic heterocycles.